The topological polar surface area (TPSA) is 52.9 Å². The normalized spacial score (nSPS) is 21.8. The number of amides is 1. The van der Waals surface area contributed by atoms with Gasteiger partial charge in [0, 0.05) is 12.5 Å². The molecule has 1 N–H and O–H groups in total. The highest BCUT2D eigenvalue weighted by atomic mass is 19.1. The van der Waals surface area contributed by atoms with Gasteiger partial charge in [-0.25, -0.2) is 4.39 Å². The summed E-state index contributed by atoms with van der Waals surface area (Å²) in [6.45, 7) is 3.53. The number of carbonyl (C=O) groups excluding carboxylic acids is 1. The molecule has 1 amide bonds. The molecular weight excluding hydrogens is 267 g/mol. The van der Waals surface area contributed by atoms with Crippen molar-refractivity contribution in [2.24, 2.45) is 5.41 Å². The maximum absolute atomic E-state index is 12.9. The fraction of sp³-hybridized carbons (Fsp3) is 0.529. The van der Waals surface area contributed by atoms with Gasteiger partial charge in [-0.2, -0.15) is 5.26 Å². The van der Waals surface area contributed by atoms with Gasteiger partial charge in [0.15, 0.2) is 0 Å². The third kappa shape index (κ3) is 4.29. The molecule has 0 aromatic heterocycles. The Morgan fingerprint density at radius 1 is 1.38 bits per heavy atom. The second-order valence-electron chi connectivity index (χ2n) is 6.50. The van der Waals surface area contributed by atoms with Crippen LogP contribution < -0.4 is 5.32 Å². The molecule has 2 atom stereocenters. The highest BCUT2D eigenvalue weighted by molar-refractivity contribution is 5.77. The minimum absolute atomic E-state index is 0.0636. The molecule has 1 aromatic rings. The Balaban J connectivity index is 1.87. The highest BCUT2D eigenvalue weighted by Crippen LogP contribution is 2.34. The van der Waals surface area contributed by atoms with E-state index in [0.717, 1.165) is 24.8 Å². The molecule has 2 unspecified atom stereocenters. The van der Waals surface area contributed by atoms with Gasteiger partial charge >= 0.3 is 0 Å². The van der Waals surface area contributed by atoms with Crippen LogP contribution in [0.4, 0.5) is 4.39 Å². The molecule has 1 aliphatic rings. The molecule has 1 fully saturated rings. The van der Waals surface area contributed by atoms with Gasteiger partial charge in [-0.3, -0.25) is 4.79 Å². The van der Waals surface area contributed by atoms with Crippen LogP contribution in [-0.2, 0) is 4.79 Å². The number of rotatable bonds is 4. The van der Waals surface area contributed by atoms with Crippen LogP contribution in [0.25, 0.3) is 0 Å². The van der Waals surface area contributed by atoms with E-state index in [0.29, 0.717) is 5.92 Å². The largest absolute Gasteiger partial charge is 0.353 e. The van der Waals surface area contributed by atoms with Crippen LogP contribution in [0.15, 0.2) is 24.3 Å². The molecule has 21 heavy (non-hydrogen) atoms. The Hall–Kier alpha value is -1.89. The maximum atomic E-state index is 12.9. The first kappa shape index (κ1) is 15.5. The Morgan fingerprint density at radius 3 is 2.67 bits per heavy atom. The standard InChI is InChI=1S/C17H21FN2O/c1-17(2,11-19)10-16(21)20-15-8-5-13(9-15)12-3-6-14(18)7-4-12/h3-4,6-7,13,15H,5,8-10H2,1-2H3,(H,20,21). The van der Waals surface area contributed by atoms with Crippen LogP contribution in [0.3, 0.4) is 0 Å². The second-order valence-corrected chi connectivity index (χ2v) is 6.50. The Labute approximate surface area is 125 Å². The molecule has 1 saturated carbocycles. The van der Waals surface area contributed by atoms with Gasteiger partial charge < -0.3 is 5.32 Å². The van der Waals surface area contributed by atoms with Crippen molar-refractivity contribution in [2.75, 3.05) is 0 Å². The summed E-state index contributed by atoms with van der Waals surface area (Å²) in [6, 6.07) is 8.91. The first-order valence-corrected chi connectivity index (χ1v) is 7.36. The van der Waals surface area contributed by atoms with E-state index in [1.807, 2.05) is 12.1 Å². The van der Waals surface area contributed by atoms with Crippen molar-refractivity contribution in [3.63, 3.8) is 0 Å². The lowest BCUT2D eigenvalue weighted by Gasteiger charge is -2.18. The third-order valence-corrected chi connectivity index (χ3v) is 4.04. The minimum atomic E-state index is -0.626. The number of halogens is 1. The molecule has 3 nitrogen and oxygen atoms in total. The van der Waals surface area contributed by atoms with E-state index in [1.165, 1.54) is 12.1 Å². The van der Waals surface area contributed by atoms with Crippen LogP contribution >= 0.6 is 0 Å². The average molecular weight is 288 g/mol. The first-order valence-electron chi connectivity index (χ1n) is 7.36. The SMILES string of the molecule is CC(C)(C#N)CC(=O)NC1CCC(c2ccc(F)cc2)C1. The number of carbonyl (C=O) groups is 1. The Kier molecular flexibility index (Phi) is 4.62. The van der Waals surface area contributed by atoms with Gasteiger partial charge in [-0.1, -0.05) is 12.1 Å². The summed E-state index contributed by atoms with van der Waals surface area (Å²) in [5, 5.41) is 12.0. The monoisotopic (exact) mass is 288 g/mol. The lowest BCUT2D eigenvalue weighted by molar-refractivity contribution is -0.123. The van der Waals surface area contributed by atoms with E-state index in [1.54, 1.807) is 13.8 Å². The van der Waals surface area contributed by atoms with Gasteiger partial charge in [0.1, 0.15) is 5.82 Å². The number of nitrogens with one attached hydrogen (secondary N) is 1. The van der Waals surface area contributed by atoms with Crippen molar-refractivity contribution in [3.05, 3.63) is 35.6 Å². The summed E-state index contributed by atoms with van der Waals surface area (Å²) in [4.78, 5) is 11.9. The molecule has 1 aliphatic carbocycles. The molecule has 0 aliphatic heterocycles. The van der Waals surface area contributed by atoms with E-state index >= 15 is 0 Å². The van der Waals surface area contributed by atoms with Gasteiger partial charge in [0.2, 0.25) is 5.91 Å². The van der Waals surface area contributed by atoms with Crippen molar-refractivity contribution in [2.45, 2.75) is 51.5 Å². The van der Waals surface area contributed by atoms with Crippen LogP contribution in [-0.4, -0.2) is 11.9 Å². The van der Waals surface area contributed by atoms with Crippen molar-refractivity contribution >= 4 is 5.91 Å². The number of nitrogens with zero attached hydrogens (tertiary/aromatic N) is 1. The average Bonchev–Trinajstić information content (AvgIpc) is 2.87. The fourth-order valence-electron chi connectivity index (χ4n) is 2.87. The second kappa shape index (κ2) is 6.26. The summed E-state index contributed by atoms with van der Waals surface area (Å²) in [5.41, 5.74) is 0.504. The van der Waals surface area contributed by atoms with E-state index in [2.05, 4.69) is 11.4 Å². The van der Waals surface area contributed by atoms with Crippen molar-refractivity contribution < 1.29 is 9.18 Å². The maximum Gasteiger partial charge on any atom is 0.221 e. The van der Waals surface area contributed by atoms with Crippen molar-refractivity contribution in [1.82, 2.24) is 5.32 Å². The lowest BCUT2D eigenvalue weighted by atomic mass is 9.91. The van der Waals surface area contributed by atoms with Crippen LogP contribution in [0.5, 0.6) is 0 Å². The van der Waals surface area contributed by atoms with E-state index < -0.39 is 5.41 Å². The molecule has 0 heterocycles. The molecule has 112 valence electrons. The zero-order chi connectivity index (χ0) is 15.5. The van der Waals surface area contributed by atoms with Crippen LogP contribution in [0.1, 0.15) is 51.0 Å². The molecule has 0 spiro atoms. The van der Waals surface area contributed by atoms with Gasteiger partial charge in [0.25, 0.3) is 0 Å². The summed E-state index contributed by atoms with van der Waals surface area (Å²) in [6.07, 6.45) is 3.03. The molecule has 4 heteroatoms. The zero-order valence-electron chi connectivity index (χ0n) is 12.5. The van der Waals surface area contributed by atoms with E-state index in [-0.39, 0.29) is 24.2 Å². The summed E-state index contributed by atoms with van der Waals surface area (Å²) < 4.78 is 12.9. The number of hydrogen-bond acceptors (Lipinski definition) is 2. The van der Waals surface area contributed by atoms with Crippen LogP contribution in [0.2, 0.25) is 0 Å². The molecular formula is C17H21FN2O. The smallest absolute Gasteiger partial charge is 0.221 e. The molecule has 2 rings (SSSR count). The summed E-state index contributed by atoms with van der Waals surface area (Å²) >= 11 is 0. The first-order chi connectivity index (χ1) is 9.89. The predicted molar refractivity (Wildman–Crippen MR) is 78.9 cm³/mol. The highest BCUT2D eigenvalue weighted by Gasteiger charge is 2.29. The van der Waals surface area contributed by atoms with Gasteiger partial charge in [-0.15, -0.1) is 0 Å². The summed E-state index contributed by atoms with van der Waals surface area (Å²) in [5.74, 6) is 0.0894. The quantitative estimate of drug-likeness (QED) is 0.921. The minimum Gasteiger partial charge on any atom is -0.353 e. The number of benzene rings is 1. The molecule has 0 bridgehead atoms. The van der Waals surface area contributed by atoms with Crippen molar-refractivity contribution in [1.29, 1.82) is 5.26 Å². The Bertz CT molecular complexity index is 545. The van der Waals surface area contributed by atoms with E-state index in [4.69, 9.17) is 5.26 Å². The van der Waals surface area contributed by atoms with Crippen LogP contribution in [0, 0.1) is 22.6 Å². The number of nitriles is 1. The Morgan fingerprint density at radius 2 is 2.05 bits per heavy atom. The molecule has 0 radical (unpaired) electrons. The third-order valence-electron chi connectivity index (χ3n) is 4.04. The lowest BCUT2D eigenvalue weighted by Crippen LogP contribution is -2.35. The van der Waals surface area contributed by atoms with Gasteiger partial charge in [-0.05, 0) is 56.7 Å². The predicted octanol–water partition coefficient (Wildman–Crippen LogP) is 3.52. The zero-order valence-corrected chi connectivity index (χ0v) is 12.5. The molecule has 0 saturated heterocycles. The summed E-state index contributed by atoms with van der Waals surface area (Å²) in [7, 11) is 0. The van der Waals surface area contributed by atoms with E-state index in [9.17, 15) is 9.18 Å². The van der Waals surface area contributed by atoms with Gasteiger partial charge in [0.05, 0.1) is 11.5 Å². The fourth-order valence-corrected chi connectivity index (χ4v) is 2.87. The number of hydrogen-bond donors (Lipinski definition) is 1. The molecule has 1 aromatic carbocycles. The van der Waals surface area contributed by atoms with Crippen molar-refractivity contribution in [3.8, 4) is 6.07 Å².